The SMILES string of the molecule is CCCC[Si](C)(C)O[Si](C)(C)CCCN1C(=O)C(C)C(C(C)(C)CC(C(=O)O)C(C)C(=O)OCC)C1=O. The van der Waals surface area contributed by atoms with Gasteiger partial charge in [-0.1, -0.05) is 47.5 Å². The molecule has 8 nitrogen and oxygen atoms in total. The van der Waals surface area contributed by atoms with E-state index in [-0.39, 0.29) is 24.8 Å². The molecule has 0 aromatic rings. The molecular formula is C27H51NO7Si2. The van der Waals surface area contributed by atoms with Crippen LogP contribution in [0.2, 0.25) is 38.3 Å². The van der Waals surface area contributed by atoms with Crippen LogP contribution < -0.4 is 0 Å². The molecule has 37 heavy (non-hydrogen) atoms. The second kappa shape index (κ2) is 13.5. The van der Waals surface area contributed by atoms with E-state index in [1.807, 2.05) is 13.8 Å². The Morgan fingerprint density at radius 3 is 2.05 bits per heavy atom. The third kappa shape index (κ3) is 9.31. The van der Waals surface area contributed by atoms with E-state index in [9.17, 15) is 24.3 Å². The lowest BCUT2D eigenvalue weighted by Gasteiger charge is -2.35. The van der Waals surface area contributed by atoms with E-state index in [0.717, 1.165) is 18.5 Å². The van der Waals surface area contributed by atoms with Crippen LogP contribution >= 0.6 is 0 Å². The molecule has 0 aliphatic carbocycles. The molecule has 1 aliphatic rings. The fourth-order valence-electron chi connectivity index (χ4n) is 5.84. The molecular weight excluding hydrogens is 506 g/mol. The number of nitrogens with zero attached hydrogens (tertiary/aromatic N) is 1. The highest BCUT2D eigenvalue weighted by atomic mass is 28.4. The summed E-state index contributed by atoms with van der Waals surface area (Å²) in [6.07, 6.45) is 3.13. The lowest BCUT2D eigenvalue weighted by Crippen LogP contribution is -2.44. The van der Waals surface area contributed by atoms with Crippen molar-refractivity contribution in [2.45, 2.75) is 106 Å². The first kappa shape index (κ1) is 33.5. The number of rotatable bonds is 16. The molecule has 1 fully saturated rings. The number of carbonyl (C=O) groups excluding carboxylic acids is 3. The number of hydrogen-bond acceptors (Lipinski definition) is 6. The summed E-state index contributed by atoms with van der Waals surface area (Å²) in [6.45, 7) is 20.3. The van der Waals surface area contributed by atoms with E-state index < -0.39 is 57.7 Å². The van der Waals surface area contributed by atoms with E-state index >= 15 is 0 Å². The minimum atomic E-state index is -1.94. The maximum Gasteiger partial charge on any atom is 0.309 e. The van der Waals surface area contributed by atoms with E-state index in [4.69, 9.17) is 8.85 Å². The van der Waals surface area contributed by atoms with Gasteiger partial charge in [0.25, 0.3) is 0 Å². The van der Waals surface area contributed by atoms with Gasteiger partial charge in [-0.3, -0.25) is 24.1 Å². The lowest BCUT2D eigenvalue weighted by atomic mass is 9.67. The molecule has 0 radical (unpaired) electrons. The Morgan fingerprint density at radius 1 is 1.03 bits per heavy atom. The van der Waals surface area contributed by atoms with Gasteiger partial charge in [0.1, 0.15) is 0 Å². The molecule has 1 rings (SSSR count). The van der Waals surface area contributed by atoms with Gasteiger partial charge in [0, 0.05) is 12.5 Å². The molecule has 0 saturated carbocycles. The smallest absolute Gasteiger partial charge is 0.309 e. The number of imide groups is 1. The Kier molecular flexibility index (Phi) is 12.2. The van der Waals surface area contributed by atoms with Crippen LogP contribution in [0.5, 0.6) is 0 Å². The summed E-state index contributed by atoms with van der Waals surface area (Å²) in [7, 11) is -3.67. The first-order chi connectivity index (χ1) is 16.9. The van der Waals surface area contributed by atoms with Crippen LogP contribution in [0.4, 0.5) is 0 Å². The molecule has 10 heteroatoms. The summed E-state index contributed by atoms with van der Waals surface area (Å²) in [5.41, 5.74) is -0.795. The molecule has 2 amide bonds. The normalized spacial score (nSPS) is 20.8. The number of ether oxygens (including phenoxy) is 1. The van der Waals surface area contributed by atoms with E-state index in [2.05, 4.69) is 33.1 Å². The van der Waals surface area contributed by atoms with Gasteiger partial charge in [-0.05, 0) is 63.5 Å². The van der Waals surface area contributed by atoms with Crippen molar-refractivity contribution >= 4 is 40.4 Å². The number of carboxylic acid groups (broad SMARTS) is 1. The van der Waals surface area contributed by atoms with Crippen molar-refractivity contribution in [2.24, 2.45) is 29.1 Å². The Labute approximate surface area is 226 Å². The number of carboxylic acids is 1. The third-order valence-electron chi connectivity index (χ3n) is 7.70. The highest BCUT2D eigenvalue weighted by molar-refractivity contribution is 6.84. The molecule has 1 aliphatic heterocycles. The maximum atomic E-state index is 13.5. The number of unbranched alkanes of at least 4 members (excludes halogenated alkanes) is 1. The van der Waals surface area contributed by atoms with Crippen LogP contribution in [0.1, 0.15) is 67.2 Å². The average Bonchev–Trinajstić information content (AvgIpc) is 2.98. The molecule has 0 aromatic heterocycles. The van der Waals surface area contributed by atoms with Crippen molar-refractivity contribution in [3.63, 3.8) is 0 Å². The predicted octanol–water partition coefficient (Wildman–Crippen LogP) is 5.54. The summed E-state index contributed by atoms with van der Waals surface area (Å²) in [6, 6.07) is 2.01. The molecule has 0 spiro atoms. The topological polar surface area (TPSA) is 110 Å². The first-order valence-electron chi connectivity index (χ1n) is 13.9. The summed E-state index contributed by atoms with van der Waals surface area (Å²) in [5.74, 6) is -5.17. The minimum Gasteiger partial charge on any atom is -0.481 e. The van der Waals surface area contributed by atoms with Gasteiger partial charge in [0.2, 0.25) is 11.8 Å². The zero-order chi connectivity index (χ0) is 28.8. The summed E-state index contributed by atoms with van der Waals surface area (Å²) < 4.78 is 11.7. The van der Waals surface area contributed by atoms with Crippen LogP contribution in [0.3, 0.4) is 0 Å². The minimum absolute atomic E-state index is 0.0927. The van der Waals surface area contributed by atoms with Crippen molar-refractivity contribution < 1.29 is 33.1 Å². The Bertz CT molecular complexity index is 828. The largest absolute Gasteiger partial charge is 0.481 e. The lowest BCUT2D eigenvalue weighted by molar-refractivity contribution is -0.158. The maximum absolute atomic E-state index is 13.5. The van der Waals surface area contributed by atoms with Gasteiger partial charge >= 0.3 is 11.9 Å². The van der Waals surface area contributed by atoms with Crippen molar-refractivity contribution in [1.82, 2.24) is 4.90 Å². The number of likely N-dealkylation sites (tertiary alicyclic amines) is 1. The average molecular weight is 558 g/mol. The summed E-state index contributed by atoms with van der Waals surface area (Å²) in [5, 5.41) is 9.85. The van der Waals surface area contributed by atoms with Crippen molar-refractivity contribution in [3.8, 4) is 0 Å². The van der Waals surface area contributed by atoms with E-state index in [1.165, 1.54) is 11.3 Å². The monoisotopic (exact) mass is 557 g/mol. The summed E-state index contributed by atoms with van der Waals surface area (Å²) >= 11 is 0. The number of carbonyl (C=O) groups is 4. The number of esters is 1. The van der Waals surface area contributed by atoms with Gasteiger partial charge < -0.3 is 14.0 Å². The van der Waals surface area contributed by atoms with Gasteiger partial charge in [0.15, 0.2) is 16.6 Å². The fourth-order valence-corrected chi connectivity index (χ4v) is 14.8. The quantitative estimate of drug-likeness (QED) is 0.151. The second-order valence-corrected chi connectivity index (χ2v) is 21.5. The van der Waals surface area contributed by atoms with Crippen LogP contribution in [0.25, 0.3) is 0 Å². The van der Waals surface area contributed by atoms with Gasteiger partial charge in [-0.2, -0.15) is 0 Å². The molecule has 4 unspecified atom stereocenters. The van der Waals surface area contributed by atoms with E-state index in [1.54, 1.807) is 20.8 Å². The number of aliphatic carboxylic acids is 1. The molecule has 4 atom stereocenters. The van der Waals surface area contributed by atoms with Crippen LogP contribution in [0, 0.1) is 29.1 Å². The highest BCUT2D eigenvalue weighted by Gasteiger charge is 2.53. The molecule has 214 valence electrons. The Morgan fingerprint density at radius 2 is 1.57 bits per heavy atom. The van der Waals surface area contributed by atoms with Gasteiger partial charge in [-0.25, -0.2) is 0 Å². The number of hydrogen-bond donors (Lipinski definition) is 1. The van der Waals surface area contributed by atoms with Crippen LogP contribution in [-0.4, -0.2) is 63.5 Å². The Balaban J connectivity index is 2.91. The zero-order valence-electron chi connectivity index (χ0n) is 24.8. The zero-order valence-corrected chi connectivity index (χ0v) is 26.8. The molecule has 1 N–H and O–H groups in total. The fraction of sp³-hybridized carbons (Fsp3) is 0.852. The molecule has 0 aromatic carbocycles. The standard InChI is InChI=1S/C27H51NO7Si2/c1-11-13-16-36(7,8)35-37(9,10)17-14-15-28-23(29)20(4)22(24(28)30)27(5,6)18-21(25(31)32)19(3)26(33)34-12-2/h19-22H,11-18H2,1-10H3,(H,31,32). The molecule has 1 heterocycles. The van der Waals surface area contributed by atoms with Crippen LogP contribution in [-0.2, 0) is 28.0 Å². The van der Waals surface area contributed by atoms with Gasteiger partial charge in [0.05, 0.1) is 24.4 Å². The molecule has 1 saturated heterocycles. The van der Waals surface area contributed by atoms with Gasteiger partial charge in [-0.15, -0.1) is 0 Å². The van der Waals surface area contributed by atoms with Crippen molar-refractivity contribution in [3.05, 3.63) is 0 Å². The van der Waals surface area contributed by atoms with Crippen LogP contribution in [0.15, 0.2) is 0 Å². The van der Waals surface area contributed by atoms with E-state index in [0.29, 0.717) is 13.0 Å². The second-order valence-electron chi connectivity index (χ2n) is 12.6. The predicted molar refractivity (Wildman–Crippen MR) is 150 cm³/mol. The number of amides is 2. The van der Waals surface area contributed by atoms with Crippen molar-refractivity contribution in [2.75, 3.05) is 13.2 Å². The van der Waals surface area contributed by atoms with Crippen molar-refractivity contribution in [1.29, 1.82) is 0 Å². The third-order valence-corrected chi connectivity index (χ3v) is 15.2. The first-order valence-corrected chi connectivity index (χ1v) is 20.1. The summed E-state index contributed by atoms with van der Waals surface area (Å²) in [4.78, 5) is 52.3. The Hall–Kier alpha value is -1.53. The highest BCUT2D eigenvalue weighted by Crippen LogP contribution is 2.45. The molecule has 0 bridgehead atoms.